The quantitative estimate of drug-likeness (QED) is 0.182. The molecule has 3 heteroatoms. The maximum atomic E-state index is 6.65. The molecule has 9 aromatic carbocycles. The van der Waals surface area contributed by atoms with Crippen LogP contribution < -0.4 is 4.90 Å². The summed E-state index contributed by atoms with van der Waals surface area (Å²) in [6, 6.07) is 66.9. The molecule has 248 valence electrons. The highest BCUT2D eigenvalue weighted by atomic mass is 16.3. The van der Waals surface area contributed by atoms with Gasteiger partial charge in [-0.05, 0) is 105 Å². The lowest BCUT2D eigenvalue weighted by Crippen LogP contribution is -2.10. The van der Waals surface area contributed by atoms with Crippen LogP contribution in [0.15, 0.2) is 197 Å². The third kappa shape index (κ3) is 4.82. The van der Waals surface area contributed by atoms with Crippen LogP contribution in [0.2, 0.25) is 0 Å². The molecule has 11 rings (SSSR count). The van der Waals surface area contributed by atoms with Crippen LogP contribution in [-0.4, -0.2) is 0 Å². The molecule has 11 aromatic rings. The molecule has 0 spiro atoms. The van der Waals surface area contributed by atoms with E-state index in [1.165, 1.54) is 27.5 Å². The minimum atomic E-state index is 0.857. The van der Waals surface area contributed by atoms with E-state index in [9.17, 15) is 0 Å². The fourth-order valence-corrected chi connectivity index (χ4v) is 8.05. The fraction of sp³-hybridized carbons (Fsp3) is 0. The zero-order valence-corrected chi connectivity index (χ0v) is 28.7. The van der Waals surface area contributed by atoms with Crippen molar-refractivity contribution >= 4 is 82.5 Å². The number of nitrogens with zero attached hydrogens (tertiary/aromatic N) is 1. The van der Waals surface area contributed by atoms with Crippen LogP contribution >= 0.6 is 0 Å². The molecule has 0 fully saturated rings. The standard InChI is InChI=1S/C50H31NO2/c1-2-11-35-30-38(20-19-32(35)9-1)37-13-7-12-36(29-37)33-21-24-39(25-22-33)51(40-26-28-47-44(31-40)42-15-5-6-17-46(42)52-47)45-16-8-18-48-49(45)43-27-23-34-10-3-4-14-41(34)50(43)53-48/h1-31H. The highest BCUT2D eigenvalue weighted by Crippen LogP contribution is 2.45. The van der Waals surface area contributed by atoms with Gasteiger partial charge in [-0.25, -0.2) is 0 Å². The Balaban J connectivity index is 1.07. The predicted octanol–water partition coefficient (Wildman–Crippen LogP) is 14.6. The van der Waals surface area contributed by atoms with Crippen LogP contribution in [0.1, 0.15) is 0 Å². The van der Waals surface area contributed by atoms with Gasteiger partial charge in [0.05, 0.1) is 11.1 Å². The zero-order chi connectivity index (χ0) is 34.9. The minimum absolute atomic E-state index is 0.857. The zero-order valence-electron chi connectivity index (χ0n) is 28.7. The molecule has 0 bridgehead atoms. The second kappa shape index (κ2) is 11.7. The number of fused-ring (bicyclic) bond motifs is 9. The highest BCUT2D eigenvalue weighted by molar-refractivity contribution is 6.20. The molecule has 0 aliphatic carbocycles. The van der Waals surface area contributed by atoms with Crippen LogP contribution in [0.4, 0.5) is 17.1 Å². The van der Waals surface area contributed by atoms with E-state index < -0.39 is 0 Å². The molecule has 0 unspecified atom stereocenters. The van der Waals surface area contributed by atoms with Gasteiger partial charge in [0.25, 0.3) is 0 Å². The molecule has 2 aromatic heterocycles. The monoisotopic (exact) mass is 677 g/mol. The average molecular weight is 678 g/mol. The first-order valence-electron chi connectivity index (χ1n) is 18.0. The molecule has 0 saturated carbocycles. The number of benzene rings is 9. The summed E-state index contributed by atoms with van der Waals surface area (Å²) in [5, 5.41) is 9.13. The lowest BCUT2D eigenvalue weighted by molar-refractivity contribution is 0.669. The van der Waals surface area contributed by atoms with Crippen LogP contribution in [0.5, 0.6) is 0 Å². The molecule has 0 N–H and O–H groups in total. The Morgan fingerprint density at radius 3 is 1.85 bits per heavy atom. The van der Waals surface area contributed by atoms with Crippen molar-refractivity contribution in [1.29, 1.82) is 0 Å². The van der Waals surface area contributed by atoms with E-state index in [0.29, 0.717) is 0 Å². The fourth-order valence-electron chi connectivity index (χ4n) is 8.05. The van der Waals surface area contributed by atoms with Crippen molar-refractivity contribution in [3.63, 3.8) is 0 Å². The van der Waals surface area contributed by atoms with Gasteiger partial charge in [0.1, 0.15) is 22.3 Å². The molecule has 0 amide bonds. The molecule has 0 atom stereocenters. The first kappa shape index (κ1) is 29.6. The molecular weight excluding hydrogens is 647 g/mol. The third-order valence-electron chi connectivity index (χ3n) is 10.6. The molecule has 2 heterocycles. The van der Waals surface area contributed by atoms with E-state index in [0.717, 1.165) is 77.3 Å². The van der Waals surface area contributed by atoms with Crippen molar-refractivity contribution in [3.8, 4) is 22.3 Å². The third-order valence-corrected chi connectivity index (χ3v) is 10.6. The van der Waals surface area contributed by atoms with Gasteiger partial charge in [-0.1, -0.05) is 121 Å². The maximum absolute atomic E-state index is 6.65. The van der Waals surface area contributed by atoms with E-state index >= 15 is 0 Å². The van der Waals surface area contributed by atoms with Gasteiger partial charge in [0.15, 0.2) is 0 Å². The Morgan fingerprint density at radius 2 is 0.962 bits per heavy atom. The van der Waals surface area contributed by atoms with Crippen molar-refractivity contribution in [2.75, 3.05) is 4.90 Å². The summed E-state index contributed by atoms with van der Waals surface area (Å²) in [6.45, 7) is 0. The summed E-state index contributed by atoms with van der Waals surface area (Å²) in [7, 11) is 0. The van der Waals surface area contributed by atoms with Gasteiger partial charge in [0.2, 0.25) is 0 Å². The largest absolute Gasteiger partial charge is 0.456 e. The van der Waals surface area contributed by atoms with Crippen LogP contribution in [0, 0.1) is 0 Å². The van der Waals surface area contributed by atoms with Crippen LogP contribution in [0.25, 0.3) is 87.7 Å². The number of rotatable bonds is 5. The Morgan fingerprint density at radius 1 is 0.321 bits per heavy atom. The maximum Gasteiger partial charge on any atom is 0.143 e. The van der Waals surface area contributed by atoms with Crippen molar-refractivity contribution in [2.45, 2.75) is 0 Å². The molecule has 3 nitrogen and oxygen atoms in total. The summed E-state index contributed by atoms with van der Waals surface area (Å²) in [5.74, 6) is 0. The Kier molecular flexibility index (Phi) is 6.55. The van der Waals surface area contributed by atoms with E-state index in [-0.39, 0.29) is 0 Å². The molecule has 0 aliphatic heterocycles. The number of furan rings is 2. The highest BCUT2D eigenvalue weighted by Gasteiger charge is 2.21. The molecular formula is C50H31NO2. The van der Waals surface area contributed by atoms with E-state index in [4.69, 9.17) is 8.83 Å². The van der Waals surface area contributed by atoms with Crippen molar-refractivity contribution in [1.82, 2.24) is 0 Å². The SMILES string of the molecule is c1cc(-c2ccc(N(c3ccc4oc5ccccc5c4c3)c3cccc4oc5c6ccccc6ccc5c34)cc2)cc(-c2ccc3ccccc3c2)c1. The smallest absolute Gasteiger partial charge is 0.143 e. The number of hydrogen-bond acceptors (Lipinski definition) is 3. The normalized spacial score (nSPS) is 11.8. The summed E-state index contributed by atoms with van der Waals surface area (Å²) < 4.78 is 12.9. The Labute approximate surface area is 305 Å². The summed E-state index contributed by atoms with van der Waals surface area (Å²) >= 11 is 0. The Hall–Kier alpha value is -7.10. The summed E-state index contributed by atoms with van der Waals surface area (Å²) in [4.78, 5) is 2.35. The van der Waals surface area contributed by atoms with Gasteiger partial charge < -0.3 is 13.7 Å². The van der Waals surface area contributed by atoms with Crippen molar-refractivity contribution in [2.24, 2.45) is 0 Å². The molecule has 53 heavy (non-hydrogen) atoms. The summed E-state index contributed by atoms with van der Waals surface area (Å²) in [5.41, 5.74) is 11.4. The second-order valence-corrected chi connectivity index (χ2v) is 13.7. The molecule has 0 saturated heterocycles. The van der Waals surface area contributed by atoms with Gasteiger partial charge in [-0.15, -0.1) is 0 Å². The lowest BCUT2D eigenvalue weighted by atomic mass is 9.97. The first-order valence-corrected chi connectivity index (χ1v) is 18.0. The van der Waals surface area contributed by atoms with Gasteiger partial charge in [0, 0.05) is 32.9 Å². The van der Waals surface area contributed by atoms with Gasteiger partial charge in [-0.2, -0.15) is 0 Å². The minimum Gasteiger partial charge on any atom is -0.456 e. The lowest BCUT2D eigenvalue weighted by Gasteiger charge is -2.26. The van der Waals surface area contributed by atoms with Gasteiger partial charge in [-0.3, -0.25) is 0 Å². The van der Waals surface area contributed by atoms with Crippen molar-refractivity contribution < 1.29 is 8.83 Å². The van der Waals surface area contributed by atoms with Crippen LogP contribution in [0.3, 0.4) is 0 Å². The topological polar surface area (TPSA) is 29.5 Å². The number of hydrogen-bond donors (Lipinski definition) is 0. The second-order valence-electron chi connectivity index (χ2n) is 13.7. The van der Waals surface area contributed by atoms with E-state index in [2.05, 4.69) is 181 Å². The molecule has 0 radical (unpaired) electrons. The summed E-state index contributed by atoms with van der Waals surface area (Å²) in [6.07, 6.45) is 0. The number of para-hydroxylation sites is 1. The van der Waals surface area contributed by atoms with E-state index in [1.807, 2.05) is 12.1 Å². The predicted molar refractivity (Wildman–Crippen MR) is 222 cm³/mol. The Bertz CT molecular complexity index is 3180. The molecule has 0 aliphatic rings. The number of anilines is 3. The van der Waals surface area contributed by atoms with Crippen molar-refractivity contribution in [3.05, 3.63) is 188 Å². The first-order chi connectivity index (χ1) is 26.2. The average Bonchev–Trinajstić information content (AvgIpc) is 3.80. The van der Waals surface area contributed by atoms with Crippen LogP contribution in [-0.2, 0) is 0 Å². The van der Waals surface area contributed by atoms with E-state index in [1.54, 1.807) is 0 Å². The van der Waals surface area contributed by atoms with Gasteiger partial charge >= 0.3 is 0 Å².